The van der Waals surface area contributed by atoms with E-state index in [-0.39, 0.29) is 36.8 Å². The number of aromatic carboxylic acids is 6. The van der Waals surface area contributed by atoms with E-state index < -0.39 is 58.1 Å². The number of carbonyl (C=O) groups is 6. The van der Waals surface area contributed by atoms with E-state index in [2.05, 4.69) is 0 Å². The smallest absolute Gasteiger partial charge is 0.336 e. The highest BCUT2D eigenvalue weighted by Gasteiger charge is 2.22. The second-order valence-corrected chi connectivity index (χ2v) is 11.1. The van der Waals surface area contributed by atoms with Crippen LogP contribution >= 0.6 is 0 Å². The van der Waals surface area contributed by atoms with Crippen LogP contribution in [0.2, 0.25) is 0 Å². The normalized spacial score (nSPS) is 10.8. The summed E-state index contributed by atoms with van der Waals surface area (Å²) in [5.74, 6) is -7.93. The molecule has 0 aromatic heterocycles. The van der Waals surface area contributed by atoms with E-state index in [9.17, 15) is 59.4 Å². The lowest BCUT2D eigenvalue weighted by atomic mass is 9.88. The zero-order valence-electron chi connectivity index (χ0n) is 25.3. The fraction of sp³-hybridized carbons (Fsp3) is 0.167. The van der Waals surface area contributed by atoms with Gasteiger partial charge in [-0.2, -0.15) is 0 Å². The number of carboxylic acid groups (broad SMARTS) is 6. The molecule has 0 fully saturated rings. The third-order valence-electron chi connectivity index (χ3n) is 8.03. The number of benzene rings is 4. The van der Waals surface area contributed by atoms with Gasteiger partial charge in [-0.15, -0.1) is 0 Å². The Labute approximate surface area is 273 Å². The highest BCUT2D eigenvalue weighted by atomic mass is 16.4. The number of aryl methyl sites for hydroxylation is 6. The van der Waals surface area contributed by atoms with Crippen LogP contribution in [-0.2, 0) is 38.5 Å². The van der Waals surface area contributed by atoms with Gasteiger partial charge < -0.3 is 30.6 Å². The van der Waals surface area contributed by atoms with Crippen molar-refractivity contribution >= 4 is 35.8 Å². The summed E-state index contributed by atoms with van der Waals surface area (Å²) in [5, 5.41) is 57.4. The van der Waals surface area contributed by atoms with Crippen LogP contribution in [0.15, 0.2) is 72.8 Å². The molecule has 0 bridgehead atoms. The van der Waals surface area contributed by atoms with E-state index in [1.807, 2.05) is 0 Å². The van der Waals surface area contributed by atoms with Crippen molar-refractivity contribution in [2.45, 2.75) is 38.5 Å². The van der Waals surface area contributed by atoms with E-state index in [1.165, 1.54) is 48.5 Å². The van der Waals surface area contributed by atoms with Crippen molar-refractivity contribution in [1.29, 1.82) is 0 Å². The Kier molecular flexibility index (Phi) is 10.7. The zero-order chi connectivity index (χ0) is 35.1. The van der Waals surface area contributed by atoms with Gasteiger partial charge in [0.25, 0.3) is 0 Å². The number of hydrogen-bond donors (Lipinski definition) is 6. The molecule has 0 amide bonds. The van der Waals surface area contributed by atoms with Gasteiger partial charge in [0.2, 0.25) is 0 Å². The average Bonchev–Trinajstić information content (AvgIpc) is 3.05. The lowest BCUT2D eigenvalue weighted by Crippen LogP contribution is -2.13. The van der Waals surface area contributed by atoms with Gasteiger partial charge in [-0.3, -0.25) is 0 Å². The van der Waals surface area contributed by atoms with Gasteiger partial charge in [-0.25, -0.2) is 28.8 Å². The highest BCUT2D eigenvalue weighted by Crippen LogP contribution is 2.26. The quantitative estimate of drug-likeness (QED) is 0.0969. The largest absolute Gasteiger partial charge is 0.478 e. The van der Waals surface area contributed by atoms with Crippen molar-refractivity contribution in [1.82, 2.24) is 0 Å². The topological polar surface area (TPSA) is 224 Å². The van der Waals surface area contributed by atoms with Gasteiger partial charge in [-0.05, 0) is 120 Å². The van der Waals surface area contributed by atoms with E-state index in [1.54, 1.807) is 24.3 Å². The van der Waals surface area contributed by atoms with Gasteiger partial charge in [0.15, 0.2) is 0 Å². The molecular formula is C36H30O12. The molecule has 4 aromatic rings. The zero-order valence-corrected chi connectivity index (χ0v) is 25.3. The first-order valence-corrected chi connectivity index (χ1v) is 14.6. The molecule has 246 valence electrons. The molecule has 4 rings (SSSR count). The van der Waals surface area contributed by atoms with E-state index in [0.29, 0.717) is 35.1 Å². The summed E-state index contributed by atoms with van der Waals surface area (Å²) in [6.45, 7) is 0. The molecular weight excluding hydrogens is 624 g/mol. The lowest BCUT2D eigenvalue weighted by molar-refractivity contribution is 0.0651. The van der Waals surface area contributed by atoms with Crippen molar-refractivity contribution in [2.24, 2.45) is 0 Å². The lowest BCUT2D eigenvalue weighted by Gasteiger charge is -2.16. The Hall–Kier alpha value is -6.30. The van der Waals surface area contributed by atoms with Crippen LogP contribution in [0.4, 0.5) is 0 Å². The Morgan fingerprint density at radius 2 is 0.562 bits per heavy atom. The first-order valence-electron chi connectivity index (χ1n) is 14.6. The Morgan fingerprint density at radius 3 is 0.771 bits per heavy atom. The van der Waals surface area contributed by atoms with Gasteiger partial charge in [0.05, 0.1) is 33.4 Å². The second kappa shape index (κ2) is 14.9. The molecule has 0 aliphatic heterocycles. The van der Waals surface area contributed by atoms with Crippen LogP contribution in [0.1, 0.15) is 95.5 Å². The molecule has 48 heavy (non-hydrogen) atoms. The molecule has 0 saturated carbocycles. The predicted molar refractivity (Wildman–Crippen MR) is 170 cm³/mol. The molecule has 6 N–H and O–H groups in total. The number of hydrogen-bond acceptors (Lipinski definition) is 6. The third kappa shape index (κ3) is 8.29. The molecule has 12 heteroatoms. The minimum atomic E-state index is -1.45. The molecule has 0 saturated heterocycles. The van der Waals surface area contributed by atoms with Crippen molar-refractivity contribution < 1.29 is 59.4 Å². The summed E-state index contributed by atoms with van der Waals surface area (Å²) in [5.41, 5.74) is 2.10. The van der Waals surface area contributed by atoms with Gasteiger partial charge in [0.1, 0.15) is 0 Å². The molecule has 4 aromatic carbocycles. The van der Waals surface area contributed by atoms with Gasteiger partial charge in [0, 0.05) is 0 Å². The molecule has 0 radical (unpaired) electrons. The molecule has 12 nitrogen and oxygen atoms in total. The highest BCUT2D eigenvalue weighted by molar-refractivity contribution is 6.03. The minimum absolute atomic E-state index is 0.0983. The molecule has 0 aliphatic rings. The average molecular weight is 655 g/mol. The summed E-state index contributed by atoms with van der Waals surface area (Å²) < 4.78 is 0. The fourth-order valence-electron chi connectivity index (χ4n) is 5.47. The molecule has 0 unspecified atom stereocenters. The second-order valence-electron chi connectivity index (χ2n) is 11.1. The van der Waals surface area contributed by atoms with Crippen molar-refractivity contribution in [2.75, 3.05) is 0 Å². The van der Waals surface area contributed by atoms with Crippen molar-refractivity contribution in [3.05, 3.63) is 140 Å². The first-order chi connectivity index (χ1) is 22.7. The van der Waals surface area contributed by atoms with Crippen LogP contribution < -0.4 is 0 Å². The van der Waals surface area contributed by atoms with Gasteiger partial charge >= 0.3 is 35.8 Å². The summed E-state index contributed by atoms with van der Waals surface area (Å²) in [6, 6.07) is 17.4. The predicted octanol–water partition coefficient (Wildman–Crippen LogP) is 5.23. The summed E-state index contributed by atoms with van der Waals surface area (Å²) in [6.07, 6.45) is 1.61. The molecule has 0 spiro atoms. The van der Waals surface area contributed by atoms with Crippen LogP contribution in [0.25, 0.3) is 0 Å². The maximum absolute atomic E-state index is 12.0. The number of carboxylic acids is 6. The summed E-state index contributed by atoms with van der Waals surface area (Å²) in [4.78, 5) is 70.4. The van der Waals surface area contributed by atoms with Gasteiger partial charge in [-0.1, -0.05) is 24.3 Å². The Bertz CT molecular complexity index is 1780. The summed E-state index contributed by atoms with van der Waals surface area (Å²) in [7, 11) is 0. The van der Waals surface area contributed by atoms with Crippen LogP contribution in [0.3, 0.4) is 0 Å². The first kappa shape index (κ1) is 34.6. The van der Waals surface area contributed by atoms with Crippen LogP contribution in [0, 0.1) is 0 Å². The monoisotopic (exact) mass is 654 g/mol. The van der Waals surface area contributed by atoms with E-state index in [0.717, 1.165) is 11.1 Å². The van der Waals surface area contributed by atoms with Crippen LogP contribution in [0.5, 0.6) is 0 Å². The molecule has 0 atom stereocenters. The molecule has 0 aliphatic carbocycles. The standard InChI is InChI=1S/C36H30O12/c37-31(38)21-7-1-19(2-8-21)5-11-23-15-27(33(41)42)29(35(45)46)17-25(23)13-14-26-18-30(36(47)48)28(34(43)44)16-24(26)12-6-20-3-9-22(10-4-20)32(39)40/h1-4,7-10,15-18H,5-6,11-14H2,(H,37,38)(H,39,40)(H,41,42)(H,43,44)(H,45,46)(H,47,48). The van der Waals surface area contributed by atoms with Crippen LogP contribution in [-0.4, -0.2) is 66.5 Å². The Morgan fingerprint density at radius 1 is 0.333 bits per heavy atom. The fourth-order valence-corrected chi connectivity index (χ4v) is 5.47. The van der Waals surface area contributed by atoms with E-state index in [4.69, 9.17) is 0 Å². The summed E-state index contributed by atoms with van der Waals surface area (Å²) >= 11 is 0. The van der Waals surface area contributed by atoms with Crippen molar-refractivity contribution in [3.63, 3.8) is 0 Å². The third-order valence-corrected chi connectivity index (χ3v) is 8.03. The minimum Gasteiger partial charge on any atom is -0.478 e. The molecule has 0 heterocycles. The SMILES string of the molecule is O=C(O)c1ccc(CCc2cc(C(=O)O)c(C(=O)O)cc2CCc2cc(C(=O)O)c(C(=O)O)cc2CCc2ccc(C(=O)O)cc2)cc1. The van der Waals surface area contributed by atoms with E-state index >= 15 is 0 Å². The maximum Gasteiger partial charge on any atom is 0.336 e. The Balaban J connectivity index is 1.70. The van der Waals surface area contributed by atoms with Crippen molar-refractivity contribution in [3.8, 4) is 0 Å². The number of rotatable bonds is 15. The maximum atomic E-state index is 12.0.